The molecule has 0 unspecified atom stereocenters. The molecule has 1 amide bonds. The van der Waals surface area contributed by atoms with Gasteiger partial charge in [-0.3, -0.25) is 4.79 Å². The number of aromatic nitrogens is 1. The zero-order chi connectivity index (χ0) is 18.2. The Morgan fingerprint density at radius 1 is 1.12 bits per heavy atom. The second-order valence-corrected chi connectivity index (χ2v) is 7.44. The Kier molecular flexibility index (Phi) is 4.52. The van der Waals surface area contributed by atoms with Crippen molar-refractivity contribution in [2.75, 3.05) is 7.05 Å². The maximum Gasteiger partial charge on any atom is 0.496 e. The van der Waals surface area contributed by atoms with Gasteiger partial charge in [-0.05, 0) is 39.3 Å². The first-order valence-corrected chi connectivity index (χ1v) is 8.55. The van der Waals surface area contributed by atoms with Crippen molar-refractivity contribution < 1.29 is 14.1 Å². The summed E-state index contributed by atoms with van der Waals surface area (Å²) in [5.41, 5.74) is 1.76. The molecule has 1 aliphatic rings. The van der Waals surface area contributed by atoms with Gasteiger partial charge in [0.15, 0.2) is 0 Å². The molecule has 0 saturated carbocycles. The molecule has 1 aromatic heterocycles. The van der Waals surface area contributed by atoms with E-state index in [0.29, 0.717) is 12.2 Å². The molecule has 132 valence electrons. The quantitative estimate of drug-likeness (QED) is 0.868. The van der Waals surface area contributed by atoms with Gasteiger partial charge in [0.2, 0.25) is 0 Å². The van der Waals surface area contributed by atoms with E-state index in [4.69, 9.17) is 9.31 Å². The lowest BCUT2D eigenvalue weighted by atomic mass is 9.81. The molecule has 6 heteroatoms. The Morgan fingerprint density at radius 2 is 1.72 bits per heavy atom. The van der Waals surface area contributed by atoms with Crippen molar-refractivity contribution in [1.82, 2.24) is 9.88 Å². The summed E-state index contributed by atoms with van der Waals surface area (Å²) in [5.74, 6) is -0.126. The van der Waals surface area contributed by atoms with Gasteiger partial charge in [-0.25, -0.2) is 0 Å². The van der Waals surface area contributed by atoms with Gasteiger partial charge in [-0.1, -0.05) is 30.3 Å². The third kappa shape index (κ3) is 3.37. The highest BCUT2D eigenvalue weighted by Gasteiger charge is 2.52. The fourth-order valence-corrected chi connectivity index (χ4v) is 2.87. The van der Waals surface area contributed by atoms with E-state index in [2.05, 4.69) is 5.32 Å². The SMILES string of the molecule is CNC(=O)c1cc(B2OC(C)(C)C(C)(C)O2)cn1Cc1ccccc1. The predicted molar refractivity (Wildman–Crippen MR) is 99.1 cm³/mol. The maximum atomic E-state index is 12.3. The first-order valence-electron chi connectivity index (χ1n) is 8.55. The van der Waals surface area contributed by atoms with Crippen LogP contribution >= 0.6 is 0 Å². The topological polar surface area (TPSA) is 52.5 Å². The molecule has 0 aliphatic carbocycles. The predicted octanol–water partition coefficient (Wildman–Crippen LogP) is 2.20. The van der Waals surface area contributed by atoms with Gasteiger partial charge in [-0.15, -0.1) is 0 Å². The minimum atomic E-state index is -0.481. The number of benzene rings is 1. The minimum absolute atomic E-state index is 0.126. The Morgan fingerprint density at radius 3 is 2.28 bits per heavy atom. The van der Waals surface area contributed by atoms with Crippen molar-refractivity contribution in [3.63, 3.8) is 0 Å². The molecule has 0 bridgehead atoms. The molecule has 1 aliphatic heterocycles. The number of nitrogens with one attached hydrogen (secondary N) is 1. The average Bonchev–Trinajstić information content (AvgIpc) is 3.06. The summed E-state index contributed by atoms with van der Waals surface area (Å²) in [7, 11) is 1.15. The second kappa shape index (κ2) is 6.35. The van der Waals surface area contributed by atoms with Crippen molar-refractivity contribution >= 4 is 18.5 Å². The summed E-state index contributed by atoms with van der Waals surface area (Å²) >= 11 is 0. The first-order chi connectivity index (χ1) is 11.7. The third-order valence-electron chi connectivity index (χ3n) is 5.10. The summed E-state index contributed by atoms with van der Waals surface area (Å²) in [6.07, 6.45) is 1.94. The van der Waals surface area contributed by atoms with E-state index in [1.807, 2.05) is 74.9 Å². The summed E-state index contributed by atoms with van der Waals surface area (Å²) < 4.78 is 14.2. The van der Waals surface area contributed by atoms with Crippen LogP contribution in [0.2, 0.25) is 0 Å². The van der Waals surface area contributed by atoms with Gasteiger partial charge < -0.3 is 19.2 Å². The largest absolute Gasteiger partial charge is 0.496 e. The molecular formula is C19H25BN2O3. The summed E-state index contributed by atoms with van der Waals surface area (Å²) in [6.45, 7) is 8.70. The molecular weight excluding hydrogens is 315 g/mol. The van der Waals surface area contributed by atoms with Crippen molar-refractivity contribution in [1.29, 1.82) is 0 Å². The van der Waals surface area contributed by atoms with Gasteiger partial charge in [0.25, 0.3) is 5.91 Å². The molecule has 2 aromatic rings. The highest BCUT2D eigenvalue weighted by Crippen LogP contribution is 2.36. The molecule has 1 N–H and O–H groups in total. The van der Waals surface area contributed by atoms with Crippen LogP contribution in [-0.4, -0.2) is 35.8 Å². The normalized spacial score (nSPS) is 18.4. The number of hydrogen-bond donors (Lipinski definition) is 1. The van der Waals surface area contributed by atoms with Crippen LogP contribution in [0.15, 0.2) is 42.6 Å². The minimum Gasteiger partial charge on any atom is -0.399 e. The number of carbonyl (C=O) groups excluding carboxylic acids is 1. The van der Waals surface area contributed by atoms with Crippen molar-refractivity contribution in [2.45, 2.75) is 45.4 Å². The fourth-order valence-electron chi connectivity index (χ4n) is 2.87. The van der Waals surface area contributed by atoms with Crippen LogP contribution in [0.4, 0.5) is 0 Å². The number of carbonyl (C=O) groups is 1. The molecule has 25 heavy (non-hydrogen) atoms. The van der Waals surface area contributed by atoms with Crippen molar-refractivity contribution in [2.24, 2.45) is 0 Å². The van der Waals surface area contributed by atoms with Gasteiger partial charge in [-0.2, -0.15) is 0 Å². The van der Waals surface area contributed by atoms with Gasteiger partial charge >= 0.3 is 7.12 Å². The number of hydrogen-bond acceptors (Lipinski definition) is 3. The number of amides is 1. The smallest absolute Gasteiger partial charge is 0.399 e. The highest BCUT2D eigenvalue weighted by molar-refractivity contribution is 6.62. The maximum absolute atomic E-state index is 12.3. The van der Waals surface area contributed by atoms with Crippen LogP contribution in [-0.2, 0) is 15.9 Å². The number of rotatable bonds is 4. The Hall–Kier alpha value is -2.05. The van der Waals surface area contributed by atoms with Crippen LogP contribution < -0.4 is 10.8 Å². The molecule has 3 rings (SSSR count). The van der Waals surface area contributed by atoms with Crippen molar-refractivity contribution in [3.8, 4) is 0 Å². The van der Waals surface area contributed by atoms with Crippen LogP contribution in [0, 0.1) is 0 Å². The molecule has 0 spiro atoms. The Balaban J connectivity index is 1.93. The standard InChI is InChI=1S/C19H25BN2O3/c1-18(2)19(3,4)25-20(24-18)15-11-16(17(23)21-5)22(13-15)12-14-9-7-6-8-10-14/h6-11,13H,12H2,1-5H3,(H,21,23). The number of nitrogens with zero attached hydrogens (tertiary/aromatic N) is 1. The van der Waals surface area contributed by atoms with E-state index in [9.17, 15) is 4.79 Å². The van der Waals surface area contributed by atoms with Crippen molar-refractivity contribution in [3.05, 3.63) is 53.9 Å². The van der Waals surface area contributed by atoms with Gasteiger partial charge in [0.05, 0.1) is 11.2 Å². The van der Waals surface area contributed by atoms with Gasteiger partial charge in [0, 0.05) is 25.3 Å². The Labute approximate surface area is 149 Å². The van der Waals surface area contributed by atoms with Crippen LogP contribution in [0.25, 0.3) is 0 Å². The average molecular weight is 340 g/mol. The second-order valence-electron chi connectivity index (χ2n) is 7.44. The molecule has 5 nitrogen and oxygen atoms in total. The molecule has 2 heterocycles. The third-order valence-corrected chi connectivity index (χ3v) is 5.10. The van der Waals surface area contributed by atoms with E-state index < -0.39 is 18.3 Å². The lowest BCUT2D eigenvalue weighted by molar-refractivity contribution is 0.00578. The monoisotopic (exact) mass is 340 g/mol. The lowest BCUT2D eigenvalue weighted by Crippen LogP contribution is -2.41. The zero-order valence-corrected chi connectivity index (χ0v) is 15.5. The summed E-state index contributed by atoms with van der Waals surface area (Å²) in [5, 5.41) is 2.70. The van der Waals surface area contributed by atoms with E-state index in [1.54, 1.807) is 7.05 Å². The molecule has 1 fully saturated rings. The highest BCUT2D eigenvalue weighted by atomic mass is 16.7. The van der Waals surface area contributed by atoms with Crippen LogP contribution in [0.5, 0.6) is 0 Å². The fraction of sp³-hybridized carbons (Fsp3) is 0.421. The van der Waals surface area contributed by atoms with E-state index in [0.717, 1.165) is 11.0 Å². The Bertz CT molecular complexity index is 752. The summed E-state index contributed by atoms with van der Waals surface area (Å²) in [4.78, 5) is 12.3. The lowest BCUT2D eigenvalue weighted by Gasteiger charge is -2.32. The van der Waals surface area contributed by atoms with E-state index in [1.165, 1.54) is 0 Å². The van der Waals surface area contributed by atoms with E-state index in [-0.39, 0.29) is 5.91 Å². The zero-order valence-electron chi connectivity index (χ0n) is 15.5. The van der Waals surface area contributed by atoms with E-state index >= 15 is 0 Å². The van der Waals surface area contributed by atoms with Gasteiger partial charge in [0.1, 0.15) is 5.69 Å². The molecule has 0 radical (unpaired) electrons. The molecule has 1 saturated heterocycles. The molecule has 0 atom stereocenters. The first kappa shape index (κ1) is 17.8. The van der Waals surface area contributed by atoms with Crippen LogP contribution in [0.3, 0.4) is 0 Å². The summed E-state index contributed by atoms with van der Waals surface area (Å²) in [6, 6.07) is 11.9. The molecule has 1 aromatic carbocycles. The van der Waals surface area contributed by atoms with Crippen LogP contribution in [0.1, 0.15) is 43.7 Å².